The Morgan fingerprint density at radius 3 is 2.73 bits per heavy atom. The molecule has 212 valence electrons. The molecule has 4 heterocycles. The van der Waals surface area contributed by atoms with Gasteiger partial charge >= 0.3 is 0 Å². The van der Waals surface area contributed by atoms with Crippen molar-refractivity contribution in [2.75, 3.05) is 39.0 Å². The molecule has 0 spiro atoms. The maximum atomic E-state index is 13.1. The highest BCUT2D eigenvalue weighted by Crippen LogP contribution is 2.30. The molecule has 0 radical (unpaired) electrons. The molecular formula is C29H37ClN8O2. The minimum atomic E-state index is -0.0591. The number of halogens is 1. The Bertz CT molecular complexity index is 1370. The number of carbonyl (C=O) groups is 2. The van der Waals surface area contributed by atoms with Crippen LogP contribution in [0, 0.1) is 5.92 Å². The second-order valence-electron chi connectivity index (χ2n) is 11.0. The summed E-state index contributed by atoms with van der Waals surface area (Å²) in [5, 5.41) is 11.6. The van der Waals surface area contributed by atoms with Crippen molar-refractivity contribution >= 4 is 34.9 Å². The molecule has 10 nitrogen and oxygen atoms in total. The molecule has 0 unspecified atom stereocenters. The highest BCUT2D eigenvalue weighted by molar-refractivity contribution is 6.33. The van der Waals surface area contributed by atoms with Crippen LogP contribution in [0.15, 0.2) is 48.9 Å². The van der Waals surface area contributed by atoms with Crippen LogP contribution in [0.3, 0.4) is 0 Å². The van der Waals surface area contributed by atoms with Crippen molar-refractivity contribution in [1.82, 2.24) is 34.7 Å². The van der Waals surface area contributed by atoms with Crippen molar-refractivity contribution in [3.05, 3.63) is 54.0 Å². The Hall–Kier alpha value is -3.50. The molecule has 2 aliphatic rings. The van der Waals surface area contributed by atoms with Crippen molar-refractivity contribution < 1.29 is 9.59 Å². The molecule has 5 rings (SSSR count). The van der Waals surface area contributed by atoms with Crippen LogP contribution < -0.4 is 10.6 Å². The normalized spacial score (nSPS) is 20.4. The van der Waals surface area contributed by atoms with Gasteiger partial charge in [0.25, 0.3) is 0 Å². The number of amides is 2. The Labute approximate surface area is 239 Å². The Kier molecular flexibility index (Phi) is 8.96. The minimum absolute atomic E-state index is 0.0241. The largest absolute Gasteiger partial charge is 0.353 e. The van der Waals surface area contributed by atoms with Crippen LogP contribution in [0.25, 0.3) is 16.8 Å². The Morgan fingerprint density at radius 2 is 1.93 bits per heavy atom. The molecule has 2 N–H and O–H groups in total. The van der Waals surface area contributed by atoms with E-state index in [0.29, 0.717) is 42.6 Å². The van der Waals surface area contributed by atoms with Crippen molar-refractivity contribution in [3.63, 3.8) is 0 Å². The molecule has 3 aromatic heterocycles. The van der Waals surface area contributed by atoms with E-state index < -0.39 is 0 Å². The number of rotatable bonds is 8. The number of carbonyl (C=O) groups excluding carboxylic acids is 2. The van der Waals surface area contributed by atoms with Gasteiger partial charge in [-0.05, 0) is 64.8 Å². The van der Waals surface area contributed by atoms with Crippen molar-refractivity contribution in [1.29, 1.82) is 0 Å². The molecule has 0 aromatic carbocycles. The van der Waals surface area contributed by atoms with E-state index in [1.54, 1.807) is 23.0 Å². The molecule has 2 atom stereocenters. The van der Waals surface area contributed by atoms with Crippen LogP contribution in [0.5, 0.6) is 0 Å². The predicted molar refractivity (Wildman–Crippen MR) is 156 cm³/mol. The highest BCUT2D eigenvalue weighted by Gasteiger charge is 2.30. The molecule has 1 aliphatic carbocycles. The number of likely N-dealkylation sites (tertiary alicyclic amines) is 1. The Balaban J connectivity index is 1.14. The first-order valence-corrected chi connectivity index (χ1v) is 14.4. The van der Waals surface area contributed by atoms with E-state index in [4.69, 9.17) is 16.6 Å². The van der Waals surface area contributed by atoms with E-state index in [1.165, 1.54) is 0 Å². The number of aromatic nitrogens is 4. The summed E-state index contributed by atoms with van der Waals surface area (Å²) >= 11 is 6.48. The second-order valence-corrected chi connectivity index (χ2v) is 11.4. The van der Waals surface area contributed by atoms with E-state index in [0.717, 1.165) is 43.3 Å². The molecule has 0 bridgehead atoms. The van der Waals surface area contributed by atoms with Gasteiger partial charge in [-0.3, -0.25) is 9.59 Å². The van der Waals surface area contributed by atoms with Gasteiger partial charge in [0.2, 0.25) is 17.8 Å². The lowest BCUT2D eigenvalue weighted by atomic mass is 9.89. The zero-order valence-electron chi connectivity index (χ0n) is 23.1. The standard InChI is InChI=1S/C29H37ClN8O2/c1-36(2)13-6-10-26(39)37-15-11-20(12-16-37)28(40)33-21-7-5-8-22(17-21)34-29-31-19-24(30)27(35-29)23-18-32-38-14-4-3-9-25(23)38/h3-4,6,9-10,14,18-22H,5,7-8,11-13,15-17H2,1-2H3,(H,33,40)(H,31,34,35)/b10-6+/t21-,22+/m0/s1. The molecule has 2 fully saturated rings. The van der Waals surface area contributed by atoms with E-state index in [1.807, 2.05) is 54.4 Å². The summed E-state index contributed by atoms with van der Waals surface area (Å²) in [6, 6.07) is 6.10. The molecular weight excluding hydrogens is 528 g/mol. The summed E-state index contributed by atoms with van der Waals surface area (Å²) in [6.07, 6.45) is 13.9. The first kappa shape index (κ1) is 28.0. The number of hydrogen-bond acceptors (Lipinski definition) is 7. The number of piperidine rings is 1. The van der Waals surface area contributed by atoms with Gasteiger partial charge < -0.3 is 20.4 Å². The summed E-state index contributed by atoms with van der Waals surface area (Å²) in [4.78, 5) is 38.5. The maximum Gasteiger partial charge on any atom is 0.246 e. The summed E-state index contributed by atoms with van der Waals surface area (Å²) < 4.78 is 1.79. The number of hydrogen-bond donors (Lipinski definition) is 2. The average molecular weight is 565 g/mol. The van der Waals surface area contributed by atoms with Crippen LogP contribution in [0.2, 0.25) is 5.02 Å². The summed E-state index contributed by atoms with van der Waals surface area (Å²) in [5.74, 6) is 0.578. The fraction of sp³-hybridized carbons (Fsp3) is 0.483. The van der Waals surface area contributed by atoms with Crippen LogP contribution >= 0.6 is 11.6 Å². The highest BCUT2D eigenvalue weighted by atomic mass is 35.5. The van der Waals surface area contributed by atoms with Crippen LogP contribution in [-0.2, 0) is 9.59 Å². The molecule has 40 heavy (non-hydrogen) atoms. The first-order valence-electron chi connectivity index (χ1n) is 14.0. The quantitative estimate of drug-likeness (QED) is 0.402. The van der Waals surface area contributed by atoms with Gasteiger partial charge in [-0.15, -0.1) is 0 Å². The van der Waals surface area contributed by atoms with Gasteiger partial charge in [0.15, 0.2) is 0 Å². The molecule has 1 saturated carbocycles. The zero-order chi connectivity index (χ0) is 28.1. The predicted octanol–water partition coefficient (Wildman–Crippen LogP) is 3.64. The van der Waals surface area contributed by atoms with Gasteiger partial charge in [-0.2, -0.15) is 5.10 Å². The van der Waals surface area contributed by atoms with E-state index in [2.05, 4.69) is 20.7 Å². The third-order valence-electron chi connectivity index (χ3n) is 7.69. The van der Waals surface area contributed by atoms with Crippen LogP contribution in [0.4, 0.5) is 5.95 Å². The number of anilines is 1. The first-order chi connectivity index (χ1) is 19.4. The monoisotopic (exact) mass is 564 g/mol. The number of pyridine rings is 1. The van der Waals surface area contributed by atoms with Crippen molar-refractivity contribution in [2.24, 2.45) is 5.92 Å². The van der Waals surface area contributed by atoms with Crippen LogP contribution in [0.1, 0.15) is 38.5 Å². The molecule has 2 amide bonds. The van der Waals surface area contributed by atoms with E-state index in [-0.39, 0.29) is 29.8 Å². The van der Waals surface area contributed by atoms with Gasteiger partial charge in [0, 0.05) is 55.5 Å². The third-order valence-corrected chi connectivity index (χ3v) is 7.96. The molecule has 1 saturated heterocycles. The second kappa shape index (κ2) is 12.8. The third kappa shape index (κ3) is 6.79. The molecule has 3 aromatic rings. The maximum absolute atomic E-state index is 13.1. The Morgan fingerprint density at radius 1 is 1.12 bits per heavy atom. The SMILES string of the molecule is CN(C)C/C=C/C(=O)N1CCC(C(=O)N[C@H]2CCC[C@@H](Nc3ncc(Cl)c(-c4cnn5ccccc45)n3)C2)CC1. The van der Waals surface area contributed by atoms with E-state index >= 15 is 0 Å². The molecule has 11 heteroatoms. The van der Waals surface area contributed by atoms with Crippen LogP contribution in [-0.4, -0.2) is 87.0 Å². The minimum Gasteiger partial charge on any atom is -0.353 e. The van der Waals surface area contributed by atoms with Crippen molar-refractivity contribution in [2.45, 2.75) is 50.6 Å². The number of fused-ring (bicyclic) bond motifs is 1. The summed E-state index contributed by atoms with van der Waals surface area (Å²) in [7, 11) is 3.94. The van der Waals surface area contributed by atoms with Crippen molar-refractivity contribution in [3.8, 4) is 11.3 Å². The smallest absolute Gasteiger partial charge is 0.246 e. The molecule has 1 aliphatic heterocycles. The summed E-state index contributed by atoms with van der Waals surface area (Å²) in [5.41, 5.74) is 2.41. The van der Waals surface area contributed by atoms with Gasteiger partial charge in [0.05, 0.1) is 28.6 Å². The van der Waals surface area contributed by atoms with Gasteiger partial charge in [-0.1, -0.05) is 23.7 Å². The number of nitrogens with one attached hydrogen (secondary N) is 2. The average Bonchev–Trinajstić information content (AvgIpc) is 3.38. The van der Waals surface area contributed by atoms with Gasteiger partial charge in [0.1, 0.15) is 0 Å². The topological polar surface area (TPSA) is 108 Å². The fourth-order valence-electron chi connectivity index (χ4n) is 5.53. The number of likely N-dealkylation sites (N-methyl/N-ethyl adjacent to an activating group) is 1. The summed E-state index contributed by atoms with van der Waals surface area (Å²) in [6.45, 7) is 1.96. The number of nitrogens with zero attached hydrogens (tertiary/aromatic N) is 6. The zero-order valence-corrected chi connectivity index (χ0v) is 23.8. The fourth-order valence-corrected chi connectivity index (χ4v) is 5.72. The lowest BCUT2D eigenvalue weighted by Gasteiger charge is -2.34. The lowest BCUT2D eigenvalue weighted by molar-refractivity contribution is -0.132. The van der Waals surface area contributed by atoms with E-state index in [9.17, 15) is 9.59 Å². The lowest BCUT2D eigenvalue weighted by Crippen LogP contribution is -2.47. The van der Waals surface area contributed by atoms with Gasteiger partial charge in [-0.25, -0.2) is 14.5 Å².